The Labute approximate surface area is 200 Å². The molecule has 5 nitrogen and oxygen atoms in total. The highest BCUT2D eigenvalue weighted by Gasteiger charge is 2.17. The number of anilines is 1. The van der Waals surface area contributed by atoms with Gasteiger partial charge in [0.25, 0.3) is 0 Å². The van der Waals surface area contributed by atoms with Gasteiger partial charge < -0.3 is 5.32 Å². The molecular weight excluding hydrogens is 484 g/mol. The molecule has 0 aliphatic heterocycles. The van der Waals surface area contributed by atoms with Crippen LogP contribution in [0.5, 0.6) is 0 Å². The van der Waals surface area contributed by atoms with Gasteiger partial charge in [-0.05, 0) is 68.9 Å². The van der Waals surface area contributed by atoms with Crippen LogP contribution >= 0.6 is 28.1 Å². The lowest BCUT2D eigenvalue weighted by molar-refractivity contribution is -0.116. The first kappa shape index (κ1) is 22.2. The van der Waals surface area contributed by atoms with E-state index >= 15 is 0 Å². The number of hydrogen-bond acceptors (Lipinski definition) is 3. The number of aryl methyl sites for hydroxylation is 3. The van der Waals surface area contributed by atoms with E-state index in [1.165, 1.54) is 0 Å². The van der Waals surface area contributed by atoms with Crippen LogP contribution in [-0.4, -0.2) is 20.3 Å². The third-order valence-electron chi connectivity index (χ3n) is 5.16. The maximum atomic E-state index is 12.8. The number of carbonyl (C=O) groups is 1. The molecular formula is C25H23BrN4OS. The first-order chi connectivity index (χ1) is 15.3. The molecule has 0 aliphatic rings. The van der Waals surface area contributed by atoms with Crippen LogP contribution < -0.4 is 5.32 Å². The maximum absolute atomic E-state index is 12.8. The van der Waals surface area contributed by atoms with E-state index in [9.17, 15) is 4.79 Å². The molecule has 0 atom stereocenters. The zero-order chi connectivity index (χ0) is 22.8. The predicted octanol–water partition coefficient (Wildman–Crippen LogP) is 6.40. The van der Waals surface area contributed by atoms with Gasteiger partial charge in [-0.3, -0.25) is 9.36 Å². The highest BCUT2D eigenvalue weighted by atomic mass is 79.9. The molecule has 7 heteroatoms. The lowest BCUT2D eigenvalue weighted by Gasteiger charge is -2.09. The molecule has 1 amide bonds. The summed E-state index contributed by atoms with van der Waals surface area (Å²) in [7, 11) is 0. The molecule has 4 aromatic rings. The van der Waals surface area contributed by atoms with Gasteiger partial charge in [0.15, 0.2) is 5.82 Å². The van der Waals surface area contributed by atoms with Gasteiger partial charge in [-0.2, -0.15) is 5.10 Å². The second-order valence-corrected chi connectivity index (χ2v) is 9.09. The van der Waals surface area contributed by atoms with E-state index in [0.29, 0.717) is 10.6 Å². The van der Waals surface area contributed by atoms with Gasteiger partial charge in [0.1, 0.15) is 6.54 Å². The lowest BCUT2D eigenvalue weighted by Crippen LogP contribution is -2.20. The van der Waals surface area contributed by atoms with Crippen LogP contribution in [0.1, 0.15) is 16.7 Å². The van der Waals surface area contributed by atoms with Gasteiger partial charge >= 0.3 is 0 Å². The number of nitrogens with one attached hydrogen (secondary N) is 1. The van der Waals surface area contributed by atoms with E-state index in [-0.39, 0.29) is 12.5 Å². The largest absolute Gasteiger partial charge is 0.324 e. The number of hydrogen-bond donors (Lipinski definition) is 1. The summed E-state index contributed by atoms with van der Waals surface area (Å²) in [5.74, 6) is 0.502. The van der Waals surface area contributed by atoms with E-state index < -0.39 is 0 Å². The Morgan fingerprint density at radius 2 is 1.72 bits per heavy atom. The average Bonchev–Trinajstić information content (AvgIpc) is 3.07. The number of nitrogens with zero attached hydrogens (tertiary/aromatic N) is 3. The zero-order valence-electron chi connectivity index (χ0n) is 18.1. The number of carbonyl (C=O) groups excluding carboxylic acids is 1. The Kier molecular flexibility index (Phi) is 6.39. The fraction of sp³-hybridized carbons (Fsp3) is 0.160. The summed E-state index contributed by atoms with van der Waals surface area (Å²) < 4.78 is 4.88. The van der Waals surface area contributed by atoms with Crippen LogP contribution in [0, 0.1) is 25.5 Å². The normalized spacial score (nSPS) is 10.9. The van der Waals surface area contributed by atoms with E-state index in [1.807, 2.05) is 92.1 Å². The minimum Gasteiger partial charge on any atom is -0.324 e. The predicted molar refractivity (Wildman–Crippen MR) is 135 cm³/mol. The van der Waals surface area contributed by atoms with Gasteiger partial charge in [0, 0.05) is 21.4 Å². The van der Waals surface area contributed by atoms with Crippen molar-refractivity contribution in [2.45, 2.75) is 27.3 Å². The number of halogens is 1. The van der Waals surface area contributed by atoms with Gasteiger partial charge in [0.2, 0.25) is 10.7 Å². The molecule has 1 heterocycles. The number of benzene rings is 3. The summed E-state index contributed by atoms with van der Waals surface area (Å²) in [6.45, 7) is 6.07. The first-order valence-corrected chi connectivity index (χ1v) is 11.4. The van der Waals surface area contributed by atoms with E-state index in [0.717, 1.165) is 38.1 Å². The summed E-state index contributed by atoms with van der Waals surface area (Å²) in [6, 6.07) is 21.9. The quantitative estimate of drug-likeness (QED) is 0.318. The fourth-order valence-corrected chi connectivity index (χ4v) is 4.23. The molecule has 0 fully saturated rings. The third kappa shape index (κ3) is 4.74. The summed E-state index contributed by atoms with van der Waals surface area (Å²) in [5.41, 5.74) is 5.91. The topological polar surface area (TPSA) is 51.9 Å². The molecule has 162 valence electrons. The third-order valence-corrected chi connectivity index (χ3v) is 6.05. The summed E-state index contributed by atoms with van der Waals surface area (Å²) >= 11 is 9.29. The SMILES string of the molecule is Cc1ccc(-n2c(-c3cccc(Br)c3)nn(CC(=O)Nc3ccc(C)cc3C)c2=S)cc1. The van der Waals surface area contributed by atoms with E-state index in [4.69, 9.17) is 17.3 Å². The molecule has 0 unspecified atom stereocenters. The van der Waals surface area contributed by atoms with Crippen LogP contribution in [-0.2, 0) is 11.3 Å². The number of aromatic nitrogens is 3. The van der Waals surface area contributed by atoms with Crippen molar-refractivity contribution in [3.8, 4) is 17.1 Å². The van der Waals surface area contributed by atoms with Crippen molar-refractivity contribution in [3.63, 3.8) is 0 Å². The first-order valence-electron chi connectivity index (χ1n) is 10.2. The number of amides is 1. The molecule has 0 spiro atoms. The Balaban J connectivity index is 1.73. The average molecular weight is 507 g/mol. The fourth-order valence-electron chi connectivity index (χ4n) is 3.53. The van der Waals surface area contributed by atoms with Crippen LogP contribution in [0.25, 0.3) is 17.1 Å². The van der Waals surface area contributed by atoms with Crippen molar-refractivity contribution in [2.75, 3.05) is 5.32 Å². The van der Waals surface area contributed by atoms with E-state index in [2.05, 4.69) is 21.2 Å². The summed E-state index contributed by atoms with van der Waals surface area (Å²) in [4.78, 5) is 12.8. The highest BCUT2D eigenvalue weighted by molar-refractivity contribution is 9.10. The second-order valence-electron chi connectivity index (χ2n) is 7.81. The maximum Gasteiger partial charge on any atom is 0.246 e. The Bertz CT molecular complexity index is 1360. The van der Waals surface area contributed by atoms with Crippen molar-refractivity contribution in [1.29, 1.82) is 0 Å². The molecule has 0 saturated heterocycles. The van der Waals surface area contributed by atoms with Crippen LogP contribution in [0.2, 0.25) is 0 Å². The molecule has 0 aliphatic carbocycles. The Morgan fingerprint density at radius 3 is 2.41 bits per heavy atom. The van der Waals surface area contributed by atoms with Crippen LogP contribution in [0.4, 0.5) is 5.69 Å². The van der Waals surface area contributed by atoms with Gasteiger partial charge in [-0.25, -0.2) is 4.68 Å². The second kappa shape index (κ2) is 9.22. The molecule has 4 rings (SSSR count). The standard InChI is InChI=1S/C25H23BrN4OS/c1-16-7-10-21(11-8-16)30-24(19-5-4-6-20(26)14-19)28-29(25(30)32)15-23(31)27-22-12-9-17(2)13-18(22)3/h4-14H,15H2,1-3H3,(H,27,31). The summed E-state index contributed by atoms with van der Waals surface area (Å²) in [5, 5.41) is 7.71. The molecule has 32 heavy (non-hydrogen) atoms. The highest BCUT2D eigenvalue weighted by Crippen LogP contribution is 2.25. The van der Waals surface area contributed by atoms with Crippen molar-refractivity contribution >= 4 is 39.7 Å². The van der Waals surface area contributed by atoms with E-state index in [1.54, 1.807) is 4.68 Å². The smallest absolute Gasteiger partial charge is 0.246 e. The molecule has 0 saturated carbocycles. The minimum atomic E-state index is -0.178. The molecule has 0 bridgehead atoms. The van der Waals surface area contributed by atoms with Crippen LogP contribution in [0.15, 0.2) is 71.2 Å². The zero-order valence-corrected chi connectivity index (χ0v) is 20.5. The molecule has 1 N–H and O–H groups in total. The monoisotopic (exact) mass is 506 g/mol. The molecule has 1 aromatic heterocycles. The van der Waals surface area contributed by atoms with Gasteiger partial charge in [-0.1, -0.05) is 63.5 Å². The Hall–Kier alpha value is -3.03. The summed E-state index contributed by atoms with van der Waals surface area (Å²) in [6.07, 6.45) is 0. The Morgan fingerprint density at radius 1 is 1.00 bits per heavy atom. The molecule has 3 aromatic carbocycles. The van der Waals surface area contributed by atoms with Gasteiger partial charge in [-0.15, -0.1) is 0 Å². The van der Waals surface area contributed by atoms with Crippen molar-refractivity contribution < 1.29 is 4.79 Å². The van der Waals surface area contributed by atoms with Crippen molar-refractivity contribution in [2.24, 2.45) is 0 Å². The number of rotatable bonds is 5. The van der Waals surface area contributed by atoms with Crippen molar-refractivity contribution in [3.05, 3.63) is 92.7 Å². The lowest BCUT2D eigenvalue weighted by atomic mass is 10.1. The van der Waals surface area contributed by atoms with Gasteiger partial charge in [0.05, 0.1) is 0 Å². The molecule has 0 radical (unpaired) electrons. The van der Waals surface area contributed by atoms with Crippen molar-refractivity contribution in [1.82, 2.24) is 14.3 Å². The minimum absolute atomic E-state index is 0.0199. The van der Waals surface area contributed by atoms with Crippen LogP contribution in [0.3, 0.4) is 0 Å².